The standard InChI is InChI=1S/C12H14N2/c1-14-11-5-3-2-4-9(11)8-12(14)13-10-6-7-10/h2-5,8,10,13H,6-7H2,1H3. The number of benzene rings is 1. The molecule has 0 aliphatic heterocycles. The minimum absolute atomic E-state index is 0.720. The smallest absolute Gasteiger partial charge is 0.106 e. The van der Waals surface area contributed by atoms with E-state index in [1.54, 1.807) is 0 Å². The van der Waals surface area contributed by atoms with E-state index < -0.39 is 0 Å². The molecule has 1 aliphatic carbocycles. The zero-order valence-corrected chi connectivity index (χ0v) is 8.33. The molecule has 72 valence electrons. The number of hydrogen-bond donors (Lipinski definition) is 1. The molecule has 3 rings (SSSR count). The third kappa shape index (κ3) is 1.18. The van der Waals surface area contributed by atoms with Gasteiger partial charge in [0.2, 0.25) is 0 Å². The molecular weight excluding hydrogens is 172 g/mol. The molecule has 2 nitrogen and oxygen atoms in total. The van der Waals surface area contributed by atoms with Gasteiger partial charge in [-0.1, -0.05) is 18.2 Å². The summed E-state index contributed by atoms with van der Waals surface area (Å²) in [6.45, 7) is 0. The van der Waals surface area contributed by atoms with E-state index in [1.165, 1.54) is 29.6 Å². The quantitative estimate of drug-likeness (QED) is 0.763. The largest absolute Gasteiger partial charge is 0.369 e. The third-order valence-electron chi connectivity index (χ3n) is 2.88. The summed E-state index contributed by atoms with van der Waals surface area (Å²) in [5.74, 6) is 1.24. The SMILES string of the molecule is Cn1c(NC2CC2)cc2ccccc21. The first-order valence-corrected chi connectivity index (χ1v) is 5.15. The lowest BCUT2D eigenvalue weighted by Crippen LogP contribution is -2.04. The summed E-state index contributed by atoms with van der Waals surface area (Å²) in [6.07, 6.45) is 2.64. The van der Waals surface area contributed by atoms with Gasteiger partial charge in [-0.3, -0.25) is 0 Å². The summed E-state index contributed by atoms with van der Waals surface area (Å²) in [5, 5.41) is 4.85. The third-order valence-corrected chi connectivity index (χ3v) is 2.88. The molecule has 0 bridgehead atoms. The maximum absolute atomic E-state index is 3.54. The van der Waals surface area contributed by atoms with E-state index in [4.69, 9.17) is 0 Å². The fourth-order valence-corrected chi connectivity index (χ4v) is 1.86. The highest BCUT2D eigenvalue weighted by molar-refractivity contribution is 5.84. The molecule has 2 aromatic rings. The number of para-hydroxylation sites is 1. The van der Waals surface area contributed by atoms with Gasteiger partial charge in [0, 0.05) is 24.0 Å². The lowest BCUT2D eigenvalue weighted by molar-refractivity contribution is 0.948. The summed E-state index contributed by atoms with van der Waals surface area (Å²) < 4.78 is 2.23. The first kappa shape index (κ1) is 7.92. The van der Waals surface area contributed by atoms with Gasteiger partial charge in [-0.05, 0) is 25.0 Å². The van der Waals surface area contributed by atoms with E-state index in [-0.39, 0.29) is 0 Å². The van der Waals surface area contributed by atoms with E-state index in [0.29, 0.717) is 0 Å². The molecule has 0 saturated heterocycles. The van der Waals surface area contributed by atoms with Crippen LogP contribution in [0.3, 0.4) is 0 Å². The number of aromatic nitrogens is 1. The van der Waals surface area contributed by atoms with E-state index in [0.717, 1.165) is 6.04 Å². The number of rotatable bonds is 2. The van der Waals surface area contributed by atoms with E-state index in [9.17, 15) is 0 Å². The summed E-state index contributed by atoms with van der Waals surface area (Å²) >= 11 is 0. The normalized spacial score (nSPS) is 16.1. The van der Waals surface area contributed by atoms with Crippen LogP contribution in [0.1, 0.15) is 12.8 Å². The molecule has 1 fully saturated rings. The zero-order valence-electron chi connectivity index (χ0n) is 8.33. The average molecular weight is 186 g/mol. The van der Waals surface area contributed by atoms with Crippen LogP contribution in [0, 0.1) is 0 Å². The van der Waals surface area contributed by atoms with Crippen LogP contribution in [0.5, 0.6) is 0 Å². The second-order valence-corrected chi connectivity index (χ2v) is 4.07. The maximum Gasteiger partial charge on any atom is 0.106 e. The minimum Gasteiger partial charge on any atom is -0.369 e. The predicted molar refractivity (Wildman–Crippen MR) is 59.6 cm³/mol. The van der Waals surface area contributed by atoms with Crippen molar-refractivity contribution in [2.24, 2.45) is 7.05 Å². The van der Waals surface area contributed by atoms with Gasteiger partial charge in [-0.25, -0.2) is 0 Å². The zero-order chi connectivity index (χ0) is 9.54. The lowest BCUT2D eigenvalue weighted by Gasteiger charge is -2.05. The van der Waals surface area contributed by atoms with Crippen LogP contribution in [-0.2, 0) is 7.05 Å². The van der Waals surface area contributed by atoms with Crippen molar-refractivity contribution in [3.05, 3.63) is 30.3 Å². The number of nitrogens with zero attached hydrogens (tertiary/aromatic N) is 1. The molecule has 0 radical (unpaired) electrons. The Kier molecular flexibility index (Phi) is 1.57. The van der Waals surface area contributed by atoms with Gasteiger partial charge >= 0.3 is 0 Å². The number of aryl methyl sites for hydroxylation is 1. The van der Waals surface area contributed by atoms with Gasteiger partial charge in [-0.2, -0.15) is 0 Å². The van der Waals surface area contributed by atoms with Crippen LogP contribution in [-0.4, -0.2) is 10.6 Å². The summed E-state index contributed by atoms with van der Waals surface area (Å²) in [5.41, 5.74) is 1.30. The van der Waals surface area contributed by atoms with Gasteiger partial charge in [0.15, 0.2) is 0 Å². The fourth-order valence-electron chi connectivity index (χ4n) is 1.86. The second kappa shape index (κ2) is 2.77. The topological polar surface area (TPSA) is 17.0 Å². The number of hydrogen-bond acceptors (Lipinski definition) is 1. The van der Waals surface area contributed by atoms with Crippen molar-refractivity contribution in [2.75, 3.05) is 5.32 Å². The summed E-state index contributed by atoms with van der Waals surface area (Å²) in [7, 11) is 2.12. The second-order valence-electron chi connectivity index (χ2n) is 4.07. The van der Waals surface area contributed by atoms with Crippen LogP contribution in [0.15, 0.2) is 30.3 Å². The molecule has 0 spiro atoms. The van der Waals surface area contributed by atoms with Crippen molar-refractivity contribution >= 4 is 16.7 Å². The van der Waals surface area contributed by atoms with E-state index in [2.05, 4.69) is 47.3 Å². The Balaban J connectivity index is 2.09. The van der Waals surface area contributed by atoms with Crippen molar-refractivity contribution in [1.82, 2.24) is 4.57 Å². The summed E-state index contributed by atoms with van der Waals surface area (Å²) in [4.78, 5) is 0. The van der Waals surface area contributed by atoms with Crippen LogP contribution < -0.4 is 5.32 Å². The van der Waals surface area contributed by atoms with Gasteiger partial charge in [0.1, 0.15) is 5.82 Å². The molecule has 1 heterocycles. The van der Waals surface area contributed by atoms with Gasteiger partial charge in [-0.15, -0.1) is 0 Å². The Morgan fingerprint density at radius 2 is 2.07 bits per heavy atom. The Morgan fingerprint density at radius 1 is 1.29 bits per heavy atom. The van der Waals surface area contributed by atoms with Crippen LogP contribution >= 0.6 is 0 Å². The van der Waals surface area contributed by atoms with Crippen LogP contribution in [0.2, 0.25) is 0 Å². The van der Waals surface area contributed by atoms with Crippen LogP contribution in [0.25, 0.3) is 10.9 Å². The molecule has 0 amide bonds. The van der Waals surface area contributed by atoms with E-state index >= 15 is 0 Å². The molecule has 1 N–H and O–H groups in total. The first-order valence-electron chi connectivity index (χ1n) is 5.15. The van der Waals surface area contributed by atoms with Crippen molar-refractivity contribution in [3.63, 3.8) is 0 Å². The minimum atomic E-state index is 0.720. The van der Waals surface area contributed by atoms with Gasteiger partial charge in [0.25, 0.3) is 0 Å². The highest BCUT2D eigenvalue weighted by atomic mass is 15.1. The molecular formula is C12H14N2. The number of fused-ring (bicyclic) bond motifs is 1. The molecule has 0 atom stereocenters. The van der Waals surface area contributed by atoms with Gasteiger partial charge < -0.3 is 9.88 Å². The molecule has 1 saturated carbocycles. The van der Waals surface area contributed by atoms with Crippen molar-refractivity contribution in [1.29, 1.82) is 0 Å². The molecule has 1 aromatic carbocycles. The molecule has 0 unspecified atom stereocenters. The fraction of sp³-hybridized carbons (Fsp3) is 0.333. The Bertz CT molecular complexity index is 466. The Labute approximate surface area is 83.5 Å². The molecule has 1 aromatic heterocycles. The predicted octanol–water partition coefficient (Wildman–Crippen LogP) is 2.75. The van der Waals surface area contributed by atoms with Gasteiger partial charge in [0.05, 0.1) is 0 Å². The van der Waals surface area contributed by atoms with E-state index in [1.807, 2.05) is 0 Å². The monoisotopic (exact) mass is 186 g/mol. The molecule has 2 heteroatoms. The number of nitrogens with one attached hydrogen (secondary N) is 1. The molecule has 14 heavy (non-hydrogen) atoms. The average Bonchev–Trinajstić information content (AvgIpc) is 2.95. The first-order chi connectivity index (χ1) is 6.84. The summed E-state index contributed by atoms with van der Waals surface area (Å²) in [6, 6.07) is 11.4. The van der Waals surface area contributed by atoms with Crippen LogP contribution in [0.4, 0.5) is 5.82 Å². The Morgan fingerprint density at radius 3 is 2.79 bits per heavy atom. The number of anilines is 1. The van der Waals surface area contributed by atoms with Crippen molar-refractivity contribution < 1.29 is 0 Å². The molecule has 1 aliphatic rings. The Hall–Kier alpha value is -1.44. The van der Waals surface area contributed by atoms with Crippen molar-refractivity contribution in [2.45, 2.75) is 18.9 Å². The highest BCUT2D eigenvalue weighted by Gasteiger charge is 2.22. The highest BCUT2D eigenvalue weighted by Crippen LogP contribution is 2.28. The van der Waals surface area contributed by atoms with Crippen molar-refractivity contribution in [3.8, 4) is 0 Å². The maximum atomic E-state index is 3.54. The lowest BCUT2D eigenvalue weighted by atomic mass is 10.2.